The predicted octanol–water partition coefficient (Wildman–Crippen LogP) is 0.716. The number of methoxy groups -OCH3 is 1. The van der Waals surface area contributed by atoms with Crippen molar-refractivity contribution >= 4 is 17.2 Å². The molecule has 0 aliphatic carbocycles. The van der Waals surface area contributed by atoms with Crippen LogP contribution in [-0.2, 0) is 6.54 Å². The molecule has 0 spiro atoms. The Balaban J connectivity index is 3.08. The summed E-state index contributed by atoms with van der Waals surface area (Å²) in [4.78, 5) is 10.6. The van der Waals surface area contributed by atoms with E-state index in [1.54, 1.807) is 0 Å². The van der Waals surface area contributed by atoms with Gasteiger partial charge < -0.3 is 10.5 Å². The van der Waals surface area contributed by atoms with Crippen molar-refractivity contribution in [3.05, 3.63) is 22.5 Å². The van der Waals surface area contributed by atoms with E-state index in [-0.39, 0.29) is 5.88 Å². The van der Waals surface area contributed by atoms with Crippen LogP contribution >= 0.6 is 12.2 Å². The van der Waals surface area contributed by atoms with E-state index >= 15 is 0 Å². The molecular formula is C9H10F3N3O2S. The summed E-state index contributed by atoms with van der Waals surface area (Å²) in [5.41, 5.74) is 4.34. The van der Waals surface area contributed by atoms with Crippen LogP contribution in [0.1, 0.15) is 0 Å². The van der Waals surface area contributed by atoms with Crippen LogP contribution in [0.15, 0.2) is 16.9 Å². The lowest BCUT2D eigenvalue weighted by atomic mass is 10.1. The van der Waals surface area contributed by atoms with E-state index in [1.165, 1.54) is 13.2 Å². The molecule has 5 nitrogen and oxygen atoms in total. The number of nitrogens with zero attached hydrogens (tertiary/aromatic N) is 2. The maximum absolute atomic E-state index is 12.6. The van der Waals surface area contributed by atoms with Crippen molar-refractivity contribution in [1.82, 2.24) is 9.78 Å². The molecule has 0 saturated heterocycles. The van der Waals surface area contributed by atoms with Crippen molar-refractivity contribution in [3.63, 3.8) is 0 Å². The summed E-state index contributed by atoms with van der Waals surface area (Å²) in [6.45, 7) is -0.769. The van der Waals surface area contributed by atoms with Crippen LogP contribution in [-0.4, -0.2) is 28.1 Å². The average molecular weight is 281 g/mol. The molecule has 0 amide bonds. The highest BCUT2D eigenvalue weighted by atomic mass is 32.1. The Morgan fingerprint density at radius 3 is 2.67 bits per heavy atom. The monoisotopic (exact) mass is 281 g/mol. The van der Waals surface area contributed by atoms with Crippen molar-refractivity contribution in [2.75, 3.05) is 7.11 Å². The second kappa shape index (κ2) is 5.34. The fourth-order valence-electron chi connectivity index (χ4n) is 1.20. The van der Waals surface area contributed by atoms with Gasteiger partial charge in [0.25, 0.3) is 5.56 Å². The lowest BCUT2D eigenvalue weighted by Crippen LogP contribution is -2.40. The summed E-state index contributed by atoms with van der Waals surface area (Å²) in [5.74, 6) is -2.08. The van der Waals surface area contributed by atoms with Crippen LogP contribution in [0.3, 0.4) is 0 Å². The third kappa shape index (κ3) is 3.42. The number of hydrogen-bond donors (Lipinski definition) is 1. The van der Waals surface area contributed by atoms with E-state index in [0.29, 0.717) is 4.68 Å². The topological polar surface area (TPSA) is 70.1 Å². The van der Waals surface area contributed by atoms with Crippen LogP contribution in [0.25, 0.3) is 0 Å². The molecule has 0 aliphatic rings. The normalized spacial score (nSPS) is 13.1. The molecule has 0 aliphatic heterocycles. The first-order valence-corrected chi connectivity index (χ1v) is 5.14. The second-order valence-electron chi connectivity index (χ2n) is 3.39. The first-order valence-electron chi connectivity index (χ1n) is 4.74. The minimum atomic E-state index is -4.63. The van der Waals surface area contributed by atoms with Crippen LogP contribution in [0, 0.1) is 5.92 Å². The van der Waals surface area contributed by atoms with Crippen molar-refractivity contribution in [2.45, 2.75) is 12.7 Å². The highest BCUT2D eigenvalue weighted by molar-refractivity contribution is 7.80. The Bertz CT molecular complexity index is 501. The fourth-order valence-corrected chi connectivity index (χ4v) is 1.41. The molecule has 100 valence electrons. The molecule has 1 unspecified atom stereocenters. The predicted molar refractivity (Wildman–Crippen MR) is 61.4 cm³/mol. The van der Waals surface area contributed by atoms with Gasteiger partial charge in [-0.3, -0.25) is 4.79 Å². The lowest BCUT2D eigenvalue weighted by Gasteiger charge is -2.19. The lowest BCUT2D eigenvalue weighted by molar-refractivity contribution is -0.158. The quantitative estimate of drug-likeness (QED) is 0.823. The van der Waals surface area contributed by atoms with Gasteiger partial charge in [-0.25, -0.2) is 4.68 Å². The van der Waals surface area contributed by atoms with Crippen LogP contribution < -0.4 is 16.0 Å². The fraction of sp³-hybridized carbons (Fsp3) is 0.444. The summed E-state index contributed by atoms with van der Waals surface area (Å²) in [7, 11) is 1.28. The van der Waals surface area contributed by atoms with E-state index in [0.717, 1.165) is 6.07 Å². The maximum Gasteiger partial charge on any atom is 0.399 e. The van der Waals surface area contributed by atoms with Crippen LogP contribution in [0.4, 0.5) is 13.2 Å². The zero-order valence-electron chi connectivity index (χ0n) is 9.27. The second-order valence-corrected chi connectivity index (χ2v) is 3.86. The molecule has 0 aromatic carbocycles. The van der Waals surface area contributed by atoms with Crippen LogP contribution in [0.2, 0.25) is 0 Å². The number of thiocarbonyl (C=S) groups is 1. The van der Waals surface area contributed by atoms with Gasteiger partial charge in [0.2, 0.25) is 5.88 Å². The Morgan fingerprint density at radius 2 is 2.22 bits per heavy atom. The standard InChI is InChI=1S/C9H10F3N3O2S/c1-17-6-2-3-7(16)15(14-6)4-5(8(13)18)9(10,11)12/h2-3,5H,4H2,1H3,(H2,13,18). The molecule has 0 fully saturated rings. The zero-order valence-corrected chi connectivity index (χ0v) is 10.1. The van der Waals surface area contributed by atoms with Crippen molar-refractivity contribution < 1.29 is 17.9 Å². The Hall–Kier alpha value is -1.64. The third-order valence-electron chi connectivity index (χ3n) is 2.15. The first-order chi connectivity index (χ1) is 8.25. The Labute approximate surface area is 105 Å². The number of alkyl halides is 3. The first kappa shape index (κ1) is 14.4. The zero-order chi connectivity index (χ0) is 13.9. The summed E-state index contributed by atoms with van der Waals surface area (Å²) < 4.78 is 43.2. The SMILES string of the molecule is COc1ccc(=O)n(CC(C(N)=S)C(F)(F)F)n1. The Kier molecular flexibility index (Phi) is 4.28. The van der Waals surface area contributed by atoms with Gasteiger partial charge in [-0.05, 0) is 0 Å². The highest BCUT2D eigenvalue weighted by Crippen LogP contribution is 2.27. The summed E-state index contributed by atoms with van der Waals surface area (Å²) in [5, 5.41) is 3.59. The van der Waals surface area contributed by atoms with E-state index in [9.17, 15) is 18.0 Å². The van der Waals surface area contributed by atoms with Crippen molar-refractivity contribution in [2.24, 2.45) is 11.7 Å². The molecule has 18 heavy (non-hydrogen) atoms. The molecule has 0 bridgehead atoms. The van der Waals surface area contributed by atoms with Gasteiger partial charge >= 0.3 is 6.18 Å². The van der Waals surface area contributed by atoms with Gasteiger partial charge in [-0.1, -0.05) is 12.2 Å². The maximum atomic E-state index is 12.6. The summed E-state index contributed by atoms with van der Waals surface area (Å²) in [6, 6.07) is 2.31. The number of aromatic nitrogens is 2. The third-order valence-corrected chi connectivity index (χ3v) is 2.43. The molecule has 1 aromatic rings. The highest BCUT2D eigenvalue weighted by Gasteiger charge is 2.42. The van der Waals surface area contributed by atoms with Crippen molar-refractivity contribution in [1.29, 1.82) is 0 Å². The van der Waals surface area contributed by atoms with Crippen LogP contribution in [0.5, 0.6) is 5.88 Å². The summed E-state index contributed by atoms with van der Waals surface area (Å²) >= 11 is 4.35. The molecule has 9 heteroatoms. The number of hydrogen-bond acceptors (Lipinski definition) is 4. The molecular weight excluding hydrogens is 271 g/mol. The number of rotatable bonds is 4. The average Bonchev–Trinajstić information content (AvgIpc) is 2.25. The van der Waals surface area contributed by atoms with E-state index in [2.05, 4.69) is 17.3 Å². The van der Waals surface area contributed by atoms with Gasteiger partial charge in [0.1, 0.15) is 5.92 Å². The van der Waals surface area contributed by atoms with E-state index < -0.39 is 29.2 Å². The molecule has 1 atom stereocenters. The van der Waals surface area contributed by atoms with Gasteiger partial charge in [0.05, 0.1) is 18.6 Å². The van der Waals surface area contributed by atoms with Gasteiger partial charge in [-0.2, -0.15) is 13.2 Å². The minimum absolute atomic E-state index is 0.0264. The Morgan fingerprint density at radius 1 is 1.61 bits per heavy atom. The smallest absolute Gasteiger partial charge is 0.399 e. The van der Waals surface area contributed by atoms with Gasteiger partial charge in [-0.15, -0.1) is 5.10 Å². The molecule has 0 radical (unpaired) electrons. The van der Waals surface area contributed by atoms with Crippen molar-refractivity contribution in [3.8, 4) is 5.88 Å². The number of ether oxygens (including phenoxy) is 1. The number of nitrogens with two attached hydrogens (primary N) is 1. The minimum Gasteiger partial charge on any atom is -0.480 e. The van der Waals surface area contributed by atoms with Gasteiger partial charge in [0, 0.05) is 12.1 Å². The van der Waals surface area contributed by atoms with Gasteiger partial charge in [0.15, 0.2) is 0 Å². The molecule has 1 rings (SSSR count). The van der Waals surface area contributed by atoms with E-state index in [1.807, 2.05) is 0 Å². The molecule has 2 N–H and O–H groups in total. The summed E-state index contributed by atoms with van der Waals surface area (Å²) in [6.07, 6.45) is -4.63. The largest absolute Gasteiger partial charge is 0.480 e. The molecule has 1 aromatic heterocycles. The molecule has 0 saturated carbocycles. The van der Waals surface area contributed by atoms with E-state index in [4.69, 9.17) is 10.5 Å². The number of halogens is 3. The molecule has 1 heterocycles.